The lowest BCUT2D eigenvalue weighted by Gasteiger charge is -2.26. The first-order valence-electron chi connectivity index (χ1n) is 11.4. The summed E-state index contributed by atoms with van der Waals surface area (Å²) in [5.74, 6) is 1.04. The molecule has 0 amide bonds. The average Bonchev–Trinajstić information content (AvgIpc) is 2.85. The van der Waals surface area contributed by atoms with Crippen LogP contribution in [-0.2, 0) is 0 Å². The van der Waals surface area contributed by atoms with Gasteiger partial charge in [-0.25, -0.2) is 0 Å². The molecule has 0 radical (unpaired) electrons. The zero-order valence-electron chi connectivity index (χ0n) is 19.5. The topological polar surface area (TPSA) is 32.7 Å². The molecule has 0 aromatic heterocycles. The predicted octanol–water partition coefficient (Wildman–Crippen LogP) is 7.30. The monoisotopic (exact) mass is 437 g/mol. The van der Waals surface area contributed by atoms with Crippen LogP contribution in [0.15, 0.2) is 97.1 Å². The maximum atomic E-state index is 8.92. The number of hydrogen-bond acceptors (Lipinski definition) is 3. The van der Waals surface area contributed by atoms with Gasteiger partial charge in [-0.2, -0.15) is 0 Å². The lowest BCUT2D eigenvalue weighted by Crippen LogP contribution is -2.10. The van der Waals surface area contributed by atoms with E-state index in [4.69, 9.17) is 9.84 Å². The Kier molecular flexibility index (Phi) is 7.11. The van der Waals surface area contributed by atoms with Crippen LogP contribution in [0.1, 0.15) is 35.1 Å². The fourth-order valence-electron chi connectivity index (χ4n) is 3.96. The number of rotatable bonds is 8. The van der Waals surface area contributed by atoms with Crippen molar-refractivity contribution in [2.75, 3.05) is 18.1 Å². The van der Waals surface area contributed by atoms with E-state index >= 15 is 0 Å². The van der Waals surface area contributed by atoms with E-state index in [1.54, 1.807) is 0 Å². The highest BCUT2D eigenvalue weighted by Crippen LogP contribution is 2.36. The second-order valence-corrected chi connectivity index (χ2v) is 8.46. The Morgan fingerprint density at radius 2 is 1.03 bits per heavy atom. The van der Waals surface area contributed by atoms with Crippen molar-refractivity contribution in [3.05, 3.63) is 119 Å². The number of aryl methyl sites for hydroxylation is 2. The summed E-state index contributed by atoms with van der Waals surface area (Å²) in [5, 5.41) is 8.92. The van der Waals surface area contributed by atoms with Crippen LogP contribution in [0.5, 0.6) is 5.75 Å². The molecule has 1 N–H and O–H groups in total. The number of aliphatic hydroxyl groups excluding tert-OH is 1. The minimum absolute atomic E-state index is 0.0205. The van der Waals surface area contributed by atoms with Gasteiger partial charge in [0.1, 0.15) is 12.4 Å². The third kappa shape index (κ3) is 5.44. The van der Waals surface area contributed by atoms with Gasteiger partial charge in [0.25, 0.3) is 0 Å². The molecular formula is C30H31NO2. The molecule has 3 nitrogen and oxygen atoms in total. The van der Waals surface area contributed by atoms with E-state index in [0.717, 1.165) is 22.8 Å². The van der Waals surface area contributed by atoms with Crippen molar-refractivity contribution in [2.45, 2.75) is 26.7 Å². The molecule has 0 fully saturated rings. The number of benzene rings is 4. The number of ether oxygens (including phenoxy) is 1. The smallest absolute Gasteiger partial charge is 0.119 e. The van der Waals surface area contributed by atoms with E-state index in [2.05, 4.69) is 111 Å². The summed E-state index contributed by atoms with van der Waals surface area (Å²) in [4.78, 5) is 2.29. The average molecular weight is 438 g/mol. The largest absolute Gasteiger partial charge is 0.491 e. The Morgan fingerprint density at radius 3 is 1.45 bits per heavy atom. The van der Waals surface area contributed by atoms with Gasteiger partial charge in [-0.1, -0.05) is 66.6 Å². The molecule has 0 aliphatic rings. The van der Waals surface area contributed by atoms with Gasteiger partial charge < -0.3 is 14.7 Å². The van der Waals surface area contributed by atoms with Crippen LogP contribution in [0.2, 0.25) is 0 Å². The van der Waals surface area contributed by atoms with Crippen LogP contribution >= 0.6 is 0 Å². The van der Waals surface area contributed by atoms with Crippen molar-refractivity contribution >= 4 is 17.1 Å². The van der Waals surface area contributed by atoms with E-state index in [-0.39, 0.29) is 12.5 Å². The SMILES string of the molecule is Cc1ccc(N(c2ccc(C)cc2)c2ccc(C(C)c3ccc(OCCO)cc3)cc2)cc1. The lowest BCUT2D eigenvalue weighted by atomic mass is 9.93. The van der Waals surface area contributed by atoms with Gasteiger partial charge in [0, 0.05) is 23.0 Å². The molecule has 0 saturated heterocycles. The summed E-state index contributed by atoms with van der Waals surface area (Å²) in [5.41, 5.74) is 8.40. The molecular weight excluding hydrogens is 406 g/mol. The summed E-state index contributed by atoms with van der Waals surface area (Å²) in [6, 6.07) is 34.2. The highest BCUT2D eigenvalue weighted by atomic mass is 16.5. The van der Waals surface area contributed by atoms with Gasteiger partial charge >= 0.3 is 0 Å². The first kappa shape index (κ1) is 22.6. The van der Waals surface area contributed by atoms with Crippen LogP contribution in [0.25, 0.3) is 0 Å². The fourth-order valence-corrected chi connectivity index (χ4v) is 3.96. The van der Waals surface area contributed by atoms with E-state index in [1.165, 1.54) is 22.3 Å². The number of anilines is 3. The summed E-state index contributed by atoms with van der Waals surface area (Å²) < 4.78 is 5.48. The molecule has 4 aromatic rings. The van der Waals surface area contributed by atoms with Crippen LogP contribution in [0, 0.1) is 13.8 Å². The maximum Gasteiger partial charge on any atom is 0.119 e. The van der Waals surface area contributed by atoms with Crippen molar-refractivity contribution in [3.8, 4) is 5.75 Å². The highest BCUT2D eigenvalue weighted by Gasteiger charge is 2.14. The third-order valence-corrected chi connectivity index (χ3v) is 5.98. The van der Waals surface area contributed by atoms with E-state index < -0.39 is 0 Å². The minimum Gasteiger partial charge on any atom is -0.491 e. The van der Waals surface area contributed by atoms with Crippen molar-refractivity contribution in [2.24, 2.45) is 0 Å². The Hall–Kier alpha value is -3.56. The minimum atomic E-state index is 0.0205. The van der Waals surface area contributed by atoms with Crippen LogP contribution in [0.3, 0.4) is 0 Å². The van der Waals surface area contributed by atoms with Crippen LogP contribution < -0.4 is 9.64 Å². The van der Waals surface area contributed by atoms with Gasteiger partial charge in [0.15, 0.2) is 0 Å². The second kappa shape index (κ2) is 10.4. The van der Waals surface area contributed by atoms with E-state index in [1.807, 2.05) is 12.1 Å². The first-order valence-corrected chi connectivity index (χ1v) is 11.4. The van der Waals surface area contributed by atoms with Crippen molar-refractivity contribution in [1.29, 1.82) is 0 Å². The Morgan fingerprint density at radius 1 is 0.636 bits per heavy atom. The maximum absolute atomic E-state index is 8.92. The normalized spacial score (nSPS) is 11.8. The van der Waals surface area contributed by atoms with Crippen molar-refractivity contribution < 1.29 is 9.84 Å². The Labute approximate surface area is 196 Å². The molecule has 4 aromatic carbocycles. The number of nitrogens with zero attached hydrogens (tertiary/aromatic N) is 1. The standard InChI is InChI=1S/C30H31NO2/c1-22-4-12-27(13-5-22)31(28-14-6-23(2)7-15-28)29-16-8-25(9-17-29)24(3)26-10-18-30(19-11-26)33-21-20-32/h4-19,24,32H,20-21H2,1-3H3. The summed E-state index contributed by atoms with van der Waals surface area (Å²) in [6.45, 7) is 6.78. The van der Waals surface area contributed by atoms with Gasteiger partial charge in [0.2, 0.25) is 0 Å². The molecule has 0 saturated carbocycles. The fraction of sp³-hybridized carbons (Fsp3) is 0.200. The van der Waals surface area contributed by atoms with E-state index in [0.29, 0.717) is 6.61 Å². The summed E-state index contributed by atoms with van der Waals surface area (Å²) >= 11 is 0. The molecule has 1 atom stereocenters. The summed E-state index contributed by atoms with van der Waals surface area (Å²) in [7, 11) is 0. The first-order chi connectivity index (χ1) is 16.0. The van der Waals surface area contributed by atoms with E-state index in [9.17, 15) is 0 Å². The summed E-state index contributed by atoms with van der Waals surface area (Å²) in [6.07, 6.45) is 0. The quantitative estimate of drug-likeness (QED) is 0.314. The zero-order valence-corrected chi connectivity index (χ0v) is 19.5. The molecule has 4 rings (SSSR count). The molecule has 3 heteroatoms. The zero-order chi connectivity index (χ0) is 23.2. The molecule has 0 spiro atoms. The Balaban J connectivity index is 1.60. The molecule has 168 valence electrons. The number of hydrogen-bond donors (Lipinski definition) is 1. The Bertz CT molecular complexity index is 1100. The molecule has 1 unspecified atom stereocenters. The second-order valence-electron chi connectivity index (χ2n) is 8.46. The van der Waals surface area contributed by atoms with Gasteiger partial charge in [-0.15, -0.1) is 0 Å². The molecule has 0 bridgehead atoms. The molecule has 33 heavy (non-hydrogen) atoms. The predicted molar refractivity (Wildman–Crippen MR) is 137 cm³/mol. The van der Waals surface area contributed by atoms with Crippen LogP contribution in [0.4, 0.5) is 17.1 Å². The van der Waals surface area contributed by atoms with Crippen LogP contribution in [-0.4, -0.2) is 18.3 Å². The van der Waals surface area contributed by atoms with Gasteiger partial charge in [-0.3, -0.25) is 0 Å². The highest BCUT2D eigenvalue weighted by molar-refractivity contribution is 5.76. The molecule has 0 aliphatic carbocycles. The lowest BCUT2D eigenvalue weighted by molar-refractivity contribution is 0.201. The van der Waals surface area contributed by atoms with Crippen molar-refractivity contribution in [3.63, 3.8) is 0 Å². The number of aliphatic hydroxyl groups is 1. The van der Waals surface area contributed by atoms with Gasteiger partial charge in [-0.05, 0) is 73.5 Å². The molecule has 0 aliphatic heterocycles. The van der Waals surface area contributed by atoms with Crippen molar-refractivity contribution in [1.82, 2.24) is 0 Å². The molecule has 0 heterocycles. The third-order valence-electron chi connectivity index (χ3n) is 5.98. The van der Waals surface area contributed by atoms with Gasteiger partial charge in [0.05, 0.1) is 6.61 Å².